The monoisotopic (exact) mass is 359 g/mol. The highest BCUT2D eigenvalue weighted by Gasteiger charge is 2.29. The molecule has 2 nitrogen and oxygen atoms in total. The Morgan fingerprint density at radius 2 is 1.88 bits per heavy atom. The van der Waals surface area contributed by atoms with Crippen molar-refractivity contribution in [3.8, 4) is 11.1 Å². The van der Waals surface area contributed by atoms with Crippen molar-refractivity contribution < 1.29 is 13.9 Å². The van der Waals surface area contributed by atoms with E-state index in [2.05, 4.69) is 4.98 Å². The maximum atomic E-state index is 14.4. The maximum Gasteiger partial charge on any atom is 0.133 e. The molecule has 0 aliphatic rings. The molecule has 5 heteroatoms. The van der Waals surface area contributed by atoms with E-state index in [9.17, 15) is 13.9 Å². The van der Waals surface area contributed by atoms with E-state index in [1.807, 2.05) is 26.2 Å². The average Bonchev–Trinajstić information content (AvgIpc) is 3.00. The van der Waals surface area contributed by atoms with Gasteiger partial charge in [0.15, 0.2) is 0 Å². The molecule has 1 unspecified atom stereocenters. The van der Waals surface area contributed by atoms with Gasteiger partial charge in [0.25, 0.3) is 0 Å². The molecule has 0 spiro atoms. The van der Waals surface area contributed by atoms with Crippen molar-refractivity contribution in [3.05, 3.63) is 75.7 Å². The van der Waals surface area contributed by atoms with E-state index in [1.165, 1.54) is 23.5 Å². The lowest BCUT2D eigenvalue weighted by molar-refractivity contribution is 0.218. The molecule has 25 heavy (non-hydrogen) atoms. The molecule has 0 amide bonds. The third kappa shape index (κ3) is 3.48. The number of thiophene rings is 1. The fourth-order valence-corrected chi connectivity index (χ4v) is 4.03. The van der Waals surface area contributed by atoms with E-state index in [0.717, 1.165) is 10.9 Å². The predicted molar refractivity (Wildman–Crippen MR) is 96.7 cm³/mol. The van der Waals surface area contributed by atoms with Crippen LogP contribution in [-0.2, 0) is 5.41 Å². The maximum absolute atomic E-state index is 14.4. The molecule has 130 valence electrons. The molecule has 3 aromatic rings. The molecule has 0 aliphatic carbocycles. The van der Waals surface area contributed by atoms with Crippen molar-refractivity contribution in [1.82, 2.24) is 4.98 Å². The third-order valence-corrected chi connectivity index (χ3v) is 5.43. The number of halogens is 2. The van der Waals surface area contributed by atoms with Crippen molar-refractivity contribution in [3.63, 3.8) is 0 Å². The summed E-state index contributed by atoms with van der Waals surface area (Å²) in [7, 11) is 0. The van der Waals surface area contributed by atoms with Crippen molar-refractivity contribution in [2.45, 2.75) is 32.3 Å². The van der Waals surface area contributed by atoms with E-state index < -0.39 is 17.7 Å². The fourth-order valence-electron chi connectivity index (χ4n) is 2.84. The molecule has 0 saturated carbocycles. The predicted octanol–water partition coefficient (Wildman–Crippen LogP) is 5.47. The van der Waals surface area contributed by atoms with Gasteiger partial charge in [0.05, 0.1) is 0 Å². The van der Waals surface area contributed by atoms with Crippen LogP contribution in [-0.4, -0.2) is 10.1 Å². The summed E-state index contributed by atoms with van der Waals surface area (Å²) in [5.41, 5.74) is 1.93. The van der Waals surface area contributed by atoms with Crippen LogP contribution in [0.1, 0.15) is 42.9 Å². The van der Waals surface area contributed by atoms with Gasteiger partial charge in [0, 0.05) is 45.6 Å². The Bertz CT molecular complexity index is 884. The van der Waals surface area contributed by atoms with Gasteiger partial charge in [-0.3, -0.25) is 4.98 Å². The summed E-state index contributed by atoms with van der Waals surface area (Å²) in [5, 5.41) is 12.8. The van der Waals surface area contributed by atoms with E-state index in [0.29, 0.717) is 16.7 Å². The van der Waals surface area contributed by atoms with Gasteiger partial charge in [0.2, 0.25) is 0 Å². The standard InChI is InChI=1S/C20H19F2NOS/c1-20(2,3)19-17(18(24)12-5-4-8-23-10-12)15(11-25-19)14-7-6-13(21)9-16(14)22/h4-11,18,24H,1-3H3. The lowest BCUT2D eigenvalue weighted by Crippen LogP contribution is -2.14. The Balaban J connectivity index is 2.22. The summed E-state index contributed by atoms with van der Waals surface area (Å²) in [6, 6.07) is 7.04. The summed E-state index contributed by atoms with van der Waals surface area (Å²) in [4.78, 5) is 5.02. The van der Waals surface area contributed by atoms with Crippen molar-refractivity contribution in [1.29, 1.82) is 0 Å². The second-order valence-electron chi connectivity index (χ2n) is 6.96. The molecule has 1 N–H and O–H groups in total. The van der Waals surface area contributed by atoms with E-state index in [-0.39, 0.29) is 11.0 Å². The van der Waals surface area contributed by atoms with Gasteiger partial charge in [-0.15, -0.1) is 11.3 Å². The zero-order chi connectivity index (χ0) is 18.2. The van der Waals surface area contributed by atoms with Gasteiger partial charge in [-0.2, -0.15) is 0 Å². The van der Waals surface area contributed by atoms with E-state index >= 15 is 0 Å². The van der Waals surface area contributed by atoms with Crippen LogP contribution in [0.3, 0.4) is 0 Å². The molecule has 0 aliphatic heterocycles. The van der Waals surface area contributed by atoms with Crippen molar-refractivity contribution in [2.75, 3.05) is 0 Å². The Kier molecular flexibility index (Phi) is 4.71. The molecule has 3 rings (SSSR count). The number of benzene rings is 1. The molecule has 0 saturated heterocycles. The molecule has 0 bridgehead atoms. The molecule has 2 heterocycles. The summed E-state index contributed by atoms with van der Waals surface area (Å²) in [6.07, 6.45) is 2.29. The minimum absolute atomic E-state index is 0.224. The zero-order valence-corrected chi connectivity index (χ0v) is 15.1. The highest BCUT2D eigenvalue weighted by molar-refractivity contribution is 7.10. The number of aliphatic hydroxyl groups excluding tert-OH is 1. The molecule has 0 radical (unpaired) electrons. The van der Waals surface area contributed by atoms with Crippen LogP contribution < -0.4 is 0 Å². The summed E-state index contributed by atoms with van der Waals surface area (Å²) >= 11 is 1.47. The Morgan fingerprint density at radius 3 is 2.48 bits per heavy atom. The molecule has 2 aromatic heterocycles. The molecule has 0 fully saturated rings. The van der Waals surface area contributed by atoms with Gasteiger partial charge in [0.1, 0.15) is 17.7 Å². The Morgan fingerprint density at radius 1 is 1.12 bits per heavy atom. The quantitative estimate of drug-likeness (QED) is 0.673. The van der Waals surface area contributed by atoms with Crippen LogP contribution >= 0.6 is 11.3 Å². The van der Waals surface area contributed by atoms with Crippen molar-refractivity contribution >= 4 is 11.3 Å². The van der Waals surface area contributed by atoms with Crippen LogP contribution in [0.4, 0.5) is 8.78 Å². The molecule has 1 aromatic carbocycles. The first-order valence-electron chi connectivity index (χ1n) is 7.94. The van der Waals surface area contributed by atoms with E-state index in [1.54, 1.807) is 24.5 Å². The minimum Gasteiger partial charge on any atom is -0.384 e. The minimum atomic E-state index is -0.936. The van der Waals surface area contributed by atoms with Gasteiger partial charge in [-0.25, -0.2) is 8.78 Å². The second-order valence-corrected chi connectivity index (χ2v) is 7.83. The first kappa shape index (κ1) is 17.7. The number of hydrogen-bond donors (Lipinski definition) is 1. The Labute approximate surface area is 149 Å². The van der Waals surface area contributed by atoms with Crippen LogP contribution in [0.25, 0.3) is 11.1 Å². The number of aliphatic hydroxyl groups is 1. The number of nitrogens with zero attached hydrogens (tertiary/aromatic N) is 1. The van der Waals surface area contributed by atoms with Crippen LogP contribution in [0.2, 0.25) is 0 Å². The number of hydrogen-bond acceptors (Lipinski definition) is 3. The first-order valence-corrected chi connectivity index (χ1v) is 8.82. The van der Waals surface area contributed by atoms with Crippen LogP contribution in [0.15, 0.2) is 48.1 Å². The average molecular weight is 359 g/mol. The Hall–Kier alpha value is -2.11. The summed E-state index contributed by atoms with van der Waals surface area (Å²) in [5.74, 6) is -1.26. The SMILES string of the molecule is CC(C)(C)c1scc(-c2ccc(F)cc2F)c1C(O)c1cccnc1. The van der Waals surface area contributed by atoms with E-state index in [4.69, 9.17) is 0 Å². The molecule has 1 atom stereocenters. The third-order valence-electron chi connectivity index (χ3n) is 4.01. The lowest BCUT2D eigenvalue weighted by Gasteiger charge is -2.23. The fraction of sp³-hybridized carbons (Fsp3) is 0.250. The highest BCUT2D eigenvalue weighted by atomic mass is 32.1. The zero-order valence-electron chi connectivity index (χ0n) is 14.3. The lowest BCUT2D eigenvalue weighted by atomic mass is 9.85. The van der Waals surface area contributed by atoms with Crippen LogP contribution in [0.5, 0.6) is 0 Å². The molecular formula is C20H19F2NOS. The van der Waals surface area contributed by atoms with Crippen LogP contribution in [0, 0.1) is 11.6 Å². The summed E-state index contributed by atoms with van der Waals surface area (Å²) < 4.78 is 27.6. The largest absolute Gasteiger partial charge is 0.384 e. The number of pyridine rings is 1. The highest BCUT2D eigenvalue weighted by Crippen LogP contribution is 2.44. The van der Waals surface area contributed by atoms with Crippen molar-refractivity contribution in [2.24, 2.45) is 0 Å². The van der Waals surface area contributed by atoms with Gasteiger partial charge in [-0.05, 0) is 29.0 Å². The van der Waals surface area contributed by atoms with Gasteiger partial charge < -0.3 is 5.11 Å². The normalized spacial score (nSPS) is 13.0. The van der Waals surface area contributed by atoms with Gasteiger partial charge in [-0.1, -0.05) is 26.8 Å². The number of rotatable bonds is 3. The van der Waals surface area contributed by atoms with Gasteiger partial charge >= 0.3 is 0 Å². The summed E-state index contributed by atoms with van der Waals surface area (Å²) in [6.45, 7) is 6.13. The first-order chi connectivity index (χ1) is 11.8. The topological polar surface area (TPSA) is 33.1 Å². The smallest absolute Gasteiger partial charge is 0.133 e. The second kappa shape index (κ2) is 6.65. The molecular weight excluding hydrogens is 340 g/mol. The number of aromatic nitrogens is 1.